The van der Waals surface area contributed by atoms with E-state index in [4.69, 9.17) is 0 Å². The van der Waals surface area contributed by atoms with Crippen molar-refractivity contribution in [3.8, 4) is 0 Å². The Morgan fingerprint density at radius 1 is 1.00 bits per heavy atom. The summed E-state index contributed by atoms with van der Waals surface area (Å²) in [5.41, 5.74) is 4.86. The molecule has 0 aromatic heterocycles. The van der Waals surface area contributed by atoms with Crippen molar-refractivity contribution in [2.75, 3.05) is 0 Å². The lowest BCUT2D eigenvalue weighted by Gasteiger charge is -2.18. The molecule has 17 heavy (non-hydrogen) atoms. The van der Waals surface area contributed by atoms with Crippen LogP contribution in [0.1, 0.15) is 56.2 Å². The van der Waals surface area contributed by atoms with E-state index in [1.54, 1.807) is 6.21 Å². The monoisotopic (exact) mass is 226 g/mol. The van der Waals surface area contributed by atoms with Crippen molar-refractivity contribution in [3.05, 3.63) is 41.6 Å². The Hall–Kier alpha value is -1.44. The molecule has 1 aromatic carbocycles. The molecule has 0 saturated carbocycles. The summed E-state index contributed by atoms with van der Waals surface area (Å²) in [5.74, 6) is 0.973. The van der Waals surface area contributed by atoms with Crippen LogP contribution in [-0.2, 0) is 0 Å². The lowest BCUT2D eigenvalue weighted by Crippen LogP contribution is -2.10. The Bertz CT molecular complexity index is 442. The molecule has 1 aliphatic heterocycles. The molecule has 0 bridgehead atoms. The molecule has 0 spiro atoms. The van der Waals surface area contributed by atoms with Gasteiger partial charge in [0.25, 0.3) is 0 Å². The van der Waals surface area contributed by atoms with Gasteiger partial charge >= 0.3 is 0 Å². The summed E-state index contributed by atoms with van der Waals surface area (Å²) in [6.45, 7) is 11.5. The molecule has 2 radical (unpaired) electrons. The number of benzene rings is 1. The largest absolute Gasteiger partial charge is 0.252 e. The van der Waals surface area contributed by atoms with Crippen LogP contribution in [0, 0.1) is 6.67 Å². The zero-order chi connectivity index (χ0) is 12.4. The molecule has 2 nitrogen and oxygen atoms in total. The first kappa shape index (κ1) is 12.0. The zero-order valence-electron chi connectivity index (χ0n) is 10.9. The molecular formula is C15H18N2. The molecule has 1 heterocycles. The van der Waals surface area contributed by atoms with Gasteiger partial charge in [0, 0.05) is 5.56 Å². The predicted molar refractivity (Wildman–Crippen MR) is 72.9 cm³/mol. The maximum Gasteiger partial charge on any atom is 0.250 e. The number of aliphatic imine (C=N–C) groups is 2. The second-order valence-corrected chi connectivity index (χ2v) is 4.98. The van der Waals surface area contributed by atoms with Gasteiger partial charge in [-0.15, -0.1) is 0 Å². The minimum absolute atomic E-state index is 0.486. The van der Waals surface area contributed by atoms with Crippen LogP contribution in [0.25, 0.3) is 0 Å². The van der Waals surface area contributed by atoms with Gasteiger partial charge in [0.2, 0.25) is 6.67 Å². The van der Waals surface area contributed by atoms with Crippen molar-refractivity contribution in [2.24, 2.45) is 9.98 Å². The Balaban J connectivity index is 2.62. The molecular weight excluding hydrogens is 208 g/mol. The molecule has 88 valence electrons. The first-order valence-corrected chi connectivity index (χ1v) is 6.10. The van der Waals surface area contributed by atoms with Crippen molar-refractivity contribution < 1.29 is 0 Å². The highest BCUT2D eigenvalue weighted by Gasteiger charge is 2.18. The summed E-state index contributed by atoms with van der Waals surface area (Å²) in [6.07, 6.45) is 1.80. The van der Waals surface area contributed by atoms with E-state index < -0.39 is 0 Å². The minimum atomic E-state index is 0.486. The van der Waals surface area contributed by atoms with Gasteiger partial charge in [-0.05, 0) is 23.0 Å². The summed E-state index contributed by atoms with van der Waals surface area (Å²) in [5, 5.41) is 0. The van der Waals surface area contributed by atoms with E-state index in [-0.39, 0.29) is 0 Å². The molecule has 1 aliphatic rings. The van der Waals surface area contributed by atoms with Crippen LogP contribution in [0.15, 0.2) is 28.2 Å². The van der Waals surface area contributed by atoms with E-state index in [2.05, 4.69) is 62.5 Å². The van der Waals surface area contributed by atoms with Crippen molar-refractivity contribution in [1.82, 2.24) is 0 Å². The van der Waals surface area contributed by atoms with Gasteiger partial charge in [0.05, 0.1) is 11.9 Å². The van der Waals surface area contributed by atoms with Crippen molar-refractivity contribution >= 4 is 11.9 Å². The maximum absolute atomic E-state index is 4.24. The van der Waals surface area contributed by atoms with Gasteiger partial charge in [-0.25, -0.2) is 4.99 Å². The molecule has 0 N–H and O–H groups in total. The molecule has 2 heteroatoms. The Labute approximate surface area is 104 Å². The summed E-state index contributed by atoms with van der Waals surface area (Å²) in [4.78, 5) is 8.20. The van der Waals surface area contributed by atoms with Gasteiger partial charge in [-0.2, -0.15) is 0 Å². The zero-order valence-corrected chi connectivity index (χ0v) is 10.9. The van der Waals surface area contributed by atoms with E-state index in [1.807, 2.05) is 0 Å². The fraction of sp³-hybridized carbons (Fsp3) is 0.400. The van der Waals surface area contributed by atoms with E-state index in [0.29, 0.717) is 11.8 Å². The lowest BCUT2D eigenvalue weighted by atomic mass is 9.86. The predicted octanol–water partition coefficient (Wildman–Crippen LogP) is 3.80. The molecule has 0 amide bonds. The standard InChI is InChI=1S/C15H18N2/c1-10(2)12-6-5-7-13(11(3)4)15(12)14-8-16-9-17-14/h5-8,10-11H,1-4H3. The summed E-state index contributed by atoms with van der Waals surface area (Å²) >= 11 is 0. The molecule has 1 aromatic rings. The topological polar surface area (TPSA) is 24.7 Å². The van der Waals surface area contributed by atoms with Gasteiger partial charge < -0.3 is 0 Å². The summed E-state index contributed by atoms with van der Waals surface area (Å²) in [7, 11) is 0. The van der Waals surface area contributed by atoms with Crippen LogP contribution in [0.5, 0.6) is 0 Å². The third-order valence-corrected chi connectivity index (χ3v) is 3.04. The van der Waals surface area contributed by atoms with Crippen LogP contribution in [0.4, 0.5) is 0 Å². The lowest BCUT2D eigenvalue weighted by molar-refractivity contribution is 0.830. The molecule has 0 unspecified atom stereocenters. The van der Waals surface area contributed by atoms with Crippen molar-refractivity contribution in [2.45, 2.75) is 39.5 Å². The number of rotatable bonds is 3. The molecule has 2 rings (SSSR count). The van der Waals surface area contributed by atoms with E-state index in [0.717, 1.165) is 5.71 Å². The Morgan fingerprint density at radius 2 is 1.59 bits per heavy atom. The van der Waals surface area contributed by atoms with Crippen LogP contribution in [0.2, 0.25) is 0 Å². The quantitative estimate of drug-likeness (QED) is 0.749. The van der Waals surface area contributed by atoms with Gasteiger partial charge in [0.1, 0.15) is 0 Å². The fourth-order valence-electron chi connectivity index (χ4n) is 2.17. The van der Waals surface area contributed by atoms with Gasteiger partial charge in [-0.3, -0.25) is 4.99 Å². The van der Waals surface area contributed by atoms with Crippen molar-refractivity contribution in [3.63, 3.8) is 0 Å². The molecule has 0 atom stereocenters. The minimum Gasteiger partial charge on any atom is -0.252 e. The van der Waals surface area contributed by atoms with E-state index in [9.17, 15) is 0 Å². The molecule has 0 saturated heterocycles. The smallest absolute Gasteiger partial charge is 0.250 e. The van der Waals surface area contributed by atoms with E-state index in [1.165, 1.54) is 16.7 Å². The van der Waals surface area contributed by atoms with Crippen molar-refractivity contribution in [1.29, 1.82) is 0 Å². The highest BCUT2D eigenvalue weighted by Crippen LogP contribution is 2.28. The Kier molecular flexibility index (Phi) is 3.41. The second-order valence-electron chi connectivity index (χ2n) is 4.98. The van der Waals surface area contributed by atoms with Gasteiger partial charge in [-0.1, -0.05) is 45.9 Å². The fourth-order valence-corrected chi connectivity index (χ4v) is 2.17. The highest BCUT2D eigenvalue weighted by molar-refractivity contribution is 6.40. The average Bonchev–Trinajstić information content (AvgIpc) is 2.80. The van der Waals surface area contributed by atoms with Crippen LogP contribution in [-0.4, -0.2) is 11.9 Å². The summed E-state index contributed by atoms with van der Waals surface area (Å²) in [6, 6.07) is 6.50. The third kappa shape index (κ3) is 2.31. The van der Waals surface area contributed by atoms with E-state index >= 15 is 0 Å². The number of nitrogens with zero attached hydrogens (tertiary/aromatic N) is 2. The van der Waals surface area contributed by atoms with Crippen LogP contribution >= 0.6 is 0 Å². The first-order chi connectivity index (χ1) is 8.11. The number of hydrogen-bond donors (Lipinski definition) is 0. The van der Waals surface area contributed by atoms with Gasteiger partial charge in [0.15, 0.2) is 0 Å². The first-order valence-electron chi connectivity index (χ1n) is 6.10. The van der Waals surface area contributed by atoms with Crippen LogP contribution in [0.3, 0.4) is 0 Å². The SMILES string of the molecule is CC(C)c1cccc(C(C)C)c1C1=N[C]N=C1. The average molecular weight is 226 g/mol. The normalized spacial score (nSPS) is 14.8. The maximum atomic E-state index is 4.24. The molecule has 0 fully saturated rings. The Morgan fingerprint density at radius 3 is 2.00 bits per heavy atom. The highest BCUT2D eigenvalue weighted by atomic mass is 15.0. The third-order valence-electron chi connectivity index (χ3n) is 3.04. The second kappa shape index (κ2) is 4.82. The molecule has 0 aliphatic carbocycles. The summed E-state index contributed by atoms with van der Waals surface area (Å²) < 4.78 is 0. The number of hydrogen-bond acceptors (Lipinski definition) is 2. The van der Waals surface area contributed by atoms with Crippen LogP contribution < -0.4 is 0 Å².